The van der Waals surface area contributed by atoms with Crippen molar-refractivity contribution in [2.45, 2.75) is 18.6 Å². The van der Waals surface area contributed by atoms with E-state index in [1.54, 1.807) is 13.0 Å². The first-order valence-corrected chi connectivity index (χ1v) is 9.21. The van der Waals surface area contributed by atoms with E-state index in [0.717, 1.165) is 17.4 Å². The highest BCUT2D eigenvalue weighted by molar-refractivity contribution is 8.15. The van der Waals surface area contributed by atoms with Crippen LogP contribution >= 0.6 is 11.8 Å². The van der Waals surface area contributed by atoms with Gasteiger partial charge in [-0.15, -0.1) is 5.10 Å². The second-order valence-corrected chi connectivity index (χ2v) is 7.21. The van der Waals surface area contributed by atoms with Crippen molar-refractivity contribution in [2.24, 2.45) is 5.10 Å². The van der Waals surface area contributed by atoms with Crippen molar-refractivity contribution in [1.82, 2.24) is 5.32 Å². The zero-order chi connectivity index (χ0) is 20.1. The Bertz CT molecular complexity index is 948. The summed E-state index contributed by atoms with van der Waals surface area (Å²) in [5.41, 5.74) is 4.21. The van der Waals surface area contributed by atoms with Crippen molar-refractivity contribution in [2.75, 3.05) is 10.7 Å². The summed E-state index contributed by atoms with van der Waals surface area (Å²) in [7, 11) is 0. The highest BCUT2D eigenvalue weighted by Crippen LogP contribution is 2.27. The monoisotopic (exact) mass is 399 g/mol. The molecule has 1 heterocycles. The Balaban J connectivity index is 1.60. The number of nitro benzene ring substituents is 1. The lowest BCUT2D eigenvalue weighted by atomic mass is 10.2. The minimum absolute atomic E-state index is 0.101. The first-order chi connectivity index (χ1) is 13.4. The van der Waals surface area contributed by atoms with Crippen molar-refractivity contribution in [3.8, 4) is 0 Å². The first-order valence-electron chi connectivity index (χ1n) is 8.33. The summed E-state index contributed by atoms with van der Waals surface area (Å²) in [6.45, 7) is 1.72. The summed E-state index contributed by atoms with van der Waals surface area (Å²) < 4.78 is 0. The van der Waals surface area contributed by atoms with Crippen molar-refractivity contribution in [3.63, 3.8) is 0 Å². The summed E-state index contributed by atoms with van der Waals surface area (Å²) in [6.07, 6.45) is -0.133. The molecule has 0 unspecified atom stereocenters. The number of amidine groups is 1. The Morgan fingerprint density at radius 1 is 1.29 bits per heavy atom. The number of rotatable bonds is 6. The van der Waals surface area contributed by atoms with Crippen molar-refractivity contribution in [1.29, 1.82) is 0 Å². The van der Waals surface area contributed by atoms with Gasteiger partial charge in [-0.2, -0.15) is 0 Å². The van der Waals surface area contributed by atoms with Crippen molar-refractivity contribution in [3.05, 3.63) is 64.2 Å². The zero-order valence-electron chi connectivity index (χ0n) is 14.8. The SMILES string of the molecule is Cc1ccc(NC(=O)C[C@H]2S/C(=N/Nc3ccccc3)NC2=O)c([N+](=O)[O-])c1. The maximum absolute atomic E-state index is 12.3. The Hall–Kier alpha value is -3.40. The number of nitrogens with one attached hydrogen (secondary N) is 3. The molecule has 2 aromatic carbocycles. The average molecular weight is 399 g/mol. The van der Waals surface area contributed by atoms with Gasteiger partial charge < -0.3 is 10.6 Å². The number of para-hydroxylation sites is 1. The maximum Gasteiger partial charge on any atom is 0.293 e. The molecule has 1 aliphatic heterocycles. The van der Waals surface area contributed by atoms with Crippen molar-refractivity contribution >= 4 is 45.8 Å². The number of carbonyl (C=O) groups excluding carboxylic acids is 2. The molecule has 2 amide bonds. The van der Waals surface area contributed by atoms with Gasteiger partial charge in [-0.05, 0) is 30.7 Å². The summed E-state index contributed by atoms with van der Waals surface area (Å²) in [5, 5.41) is 20.1. The molecule has 3 rings (SSSR count). The van der Waals surface area contributed by atoms with Crippen LogP contribution in [0.5, 0.6) is 0 Å². The number of carbonyl (C=O) groups is 2. The number of anilines is 2. The molecule has 0 spiro atoms. The molecule has 0 radical (unpaired) electrons. The fourth-order valence-electron chi connectivity index (χ4n) is 2.49. The smallest absolute Gasteiger partial charge is 0.293 e. The molecular weight excluding hydrogens is 382 g/mol. The number of nitrogens with zero attached hydrogens (tertiary/aromatic N) is 2. The second kappa shape index (κ2) is 8.53. The molecule has 2 aromatic rings. The van der Waals surface area contributed by atoms with E-state index in [1.807, 2.05) is 30.3 Å². The molecule has 1 saturated heterocycles. The van der Waals surface area contributed by atoms with Crippen LogP contribution in [-0.4, -0.2) is 27.2 Å². The summed E-state index contributed by atoms with van der Waals surface area (Å²) in [6, 6.07) is 13.7. The molecule has 0 aromatic heterocycles. The fraction of sp³-hybridized carbons (Fsp3) is 0.167. The van der Waals surface area contributed by atoms with Crippen LogP contribution in [-0.2, 0) is 9.59 Å². The fourth-order valence-corrected chi connectivity index (χ4v) is 3.42. The average Bonchev–Trinajstić information content (AvgIpc) is 3.01. The van der Waals surface area contributed by atoms with Crippen LogP contribution in [0.4, 0.5) is 17.1 Å². The third kappa shape index (κ3) is 4.86. The van der Waals surface area contributed by atoms with Gasteiger partial charge in [0.05, 0.1) is 10.6 Å². The minimum atomic E-state index is -0.666. The lowest BCUT2D eigenvalue weighted by molar-refractivity contribution is -0.384. The molecule has 0 saturated carbocycles. The molecule has 0 bridgehead atoms. The summed E-state index contributed by atoms with van der Waals surface area (Å²) >= 11 is 1.12. The zero-order valence-corrected chi connectivity index (χ0v) is 15.7. The summed E-state index contributed by atoms with van der Waals surface area (Å²) in [5.74, 6) is -0.830. The quantitative estimate of drug-likeness (QED) is 0.507. The Kier molecular flexibility index (Phi) is 5.90. The number of thioether (sulfide) groups is 1. The topological polar surface area (TPSA) is 126 Å². The molecule has 9 nitrogen and oxygen atoms in total. The molecule has 10 heteroatoms. The van der Waals surface area contributed by atoms with Gasteiger partial charge in [-0.3, -0.25) is 25.1 Å². The largest absolute Gasteiger partial charge is 0.320 e. The number of hydrazone groups is 1. The van der Waals surface area contributed by atoms with E-state index in [0.29, 0.717) is 10.7 Å². The van der Waals surface area contributed by atoms with Gasteiger partial charge in [-0.25, -0.2) is 0 Å². The van der Waals surface area contributed by atoms with E-state index in [2.05, 4.69) is 21.2 Å². The molecule has 1 fully saturated rings. The molecule has 0 aliphatic carbocycles. The van der Waals surface area contributed by atoms with E-state index in [1.165, 1.54) is 12.1 Å². The van der Waals surface area contributed by atoms with Crippen LogP contribution in [0, 0.1) is 17.0 Å². The predicted octanol–water partition coefficient (Wildman–Crippen LogP) is 2.85. The number of hydrogen-bond acceptors (Lipinski definition) is 7. The number of amides is 2. The van der Waals surface area contributed by atoms with Crippen molar-refractivity contribution < 1.29 is 14.5 Å². The number of hydrogen-bond donors (Lipinski definition) is 3. The Morgan fingerprint density at radius 3 is 2.75 bits per heavy atom. The Morgan fingerprint density at radius 2 is 2.04 bits per heavy atom. The minimum Gasteiger partial charge on any atom is -0.320 e. The summed E-state index contributed by atoms with van der Waals surface area (Å²) in [4.78, 5) is 34.9. The van der Waals surface area contributed by atoms with E-state index >= 15 is 0 Å². The standard InChI is InChI=1S/C18H17N5O4S/c1-11-7-8-13(14(9-11)23(26)27)19-16(24)10-15-17(25)20-18(28-15)22-21-12-5-3-2-4-6-12/h2-9,15,21H,10H2,1H3,(H,19,24)(H,20,22,25)/t15-/m1/s1. The first kappa shape index (κ1) is 19.4. The molecule has 28 heavy (non-hydrogen) atoms. The maximum atomic E-state index is 12.3. The predicted molar refractivity (Wildman–Crippen MR) is 108 cm³/mol. The van der Waals surface area contributed by atoms with Crippen LogP contribution in [0.2, 0.25) is 0 Å². The van der Waals surface area contributed by atoms with Crippen LogP contribution in [0.25, 0.3) is 0 Å². The van der Waals surface area contributed by atoms with Crippen LogP contribution < -0.4 is 16.1 Å². The third-order valence-electron chi connectivity index (χ3n) is 3.83. The molecule has 144 valence electrons. The highest BCUT2D eigenvalue weighted by Gasteiger charge is 2.32. The van der Waals surface area contributed by atoms with E-state index in [4.69, 9.17) is 0 Å². The number of aryl methyl sites for hydroxylation is 1. The van der Waals surface area contributed by atoms with E-state index in [9.17, 15) is 19.7 Å². The van der Waals surface area contributed by atoms with Gasteiger partial charge >= 0.3 is 0 Å². The lowest BCUT2D eigenvalue weighted by Gasteiger charge is -2.08. The third-order valence-corrected chi connectivity index (χ3v) is 4.91. The van der Waals surface area contributed by atoms with Gasteiger partial charge in [0.25, 0.3) is 5.69 Å². The molecular formula is C18H17N5O4S. The van der Waals surface area contributed by atoms with E-state index < -0.39 is 16.1 Å². The van der Waals surface area contributed by atoms with Crippen LogP contribution in [0.15, 0.2) is 53.6 Å². The normalized spacial score (nSPS) is 17.2. The highest BCUT2D eigenvalue weighted by atomic mass is 32.2. The number of nitro groups is 1. The molecule has 3 N–H and O–H groups in total. The molecule has 1 aliphatic rings. The van der Waals surface area contributed by atoms with Gasteiger partial charge in [0.2, 0.25) is 11.8 Å². The van der Waals surface area contributed by atoms with Gasteiger partial charge in [0, 0.05) is 12.5 Å². The van der Waals surface area contributed by atoms with Gasteiger partial charge in [0.15, 0.2) is 5.17 Å². The number of benzene rings is 2. The lowest BCUT2D eigenvalue weighted by Crippen LogP contribution is -2.28. The van der Waals surface area contributed by atoms with Gasteiger partial charge in [0.1, 0.15) is 10.9 Å². The van der Waals surface area contributed by atoms with Crippen LogP contribution in [0.3, 0.4) is 0 Å². The van der Waals surface area contributed by atoms with E-state index in [-0.39, 0.29) is 23.7 Å². The Labute approximate surface area is 164 Å². The van der Waals surface area contributed by atoms with Crippen LogP contribution in [0.1, 0.15) is 12.0 Å². The van der Waals surface area contributed by atoms with Gasteiger partial charge in [-0.1, -0.05) is 36.0 Å². The molecule has 1 atom stereocenters. The second-order valence-electron chi connectivity index (χ2n) is 6.02.